The number of rotatable bonds is 4. The first-order chi connectivity index (χ1) is 13.9. The van der Waals surface area contributed by atoms with Gasteiger partial charge in [0.15, 0.2) is 0 Å². The van der Waals surface area contributed by atoms with Crippen LogP contribution in [0.2, 0.25) is 0 Å². The lowest BCUT2D eigenvalue weighted by Gasteiger charge is -2.24. The number of hydrogen-bond donors (Lipinski definition) is 1. The molecule has 0 radical (unpaired) electrons. The van der Waals surface area contributed by atoms with Gasteiger partial charge in [0.25, 0.3) is 5.91 Å². The highest BCUT2D eigenvalue weighted by Gasteiger charge is 2.23. The van der Waals surface area contributed by atoms with Crippen LogP contribution in [0.15, 0.2) is 53.0 Å². The predicted octanol–water partition coefficient (Wildman–Crippen LogP) is 4.25. The molecule has 3 rings (SSSR count). The first kappa shape index (κ1) is 21.4. The van der Waals surface area contributed by atoms with Gasteiger partial charge in [-0.25, -0.2) is 4.79 Å². The van der Waals surface area contributed by atoms with Gasteiger partial charge in [-0.05, 0) is 56.5 Å². The number of benzene rings is 2. The minimum absolute atomic E-state index is 0.0388. The van der Waals surface area contributed by atoms with Crippen molar-refractivity contribution in [2.75, 3.05) is 26.2 Å². The Bertz CT molecular complexity index is 853. The first-order valence-corrected chi connectivity index (χ1v) is 10.9. The normalized spacial score (nSPS) is 15.6. The second-order valence-electron chi connectivity index (χ2n) is 7.68. The average Bonchev–Trinajstić information content (AvgIpc) is 2.95. The SMILES string of the molecule is Cc1cccc(C(=O)N2CCCN(C(=O)NC(C)Cc3ccc(Br)cc3)CC2)c1. The van der Waals surface area contributed by atoms with Gasteiger partial charge in [-0.2, -0.15) is 0 Å². The highest BCUT2D eigenvalue weighted by Crippen LogP contribution is 2.13. The van der Waals surface area contributed by atoms with E-state index in [9.17, 15) is 9.59 Å². The molecule has 1 atom stereocenters. The van der Waals surface area contributed by atoms with Crippen molar-refractivity contribution >= 4 is 27.9 Å². The molecule has 0 saturated carbocycles. The lowest BCUT2D eigenvalue weighted by atomic mass is 10.1. The van der Waals surface area contributed by atoms with Gasteiger partial charge >= 0.3 is 6.03 Å². The first-order valence-electron chi connectivity index (χ1n) is 10.1. The maximum Gasteiger partial charge on any atom is 0.317 e. The number of nitrogens with one attached hydrogen (secondary N) is 1. The van der Waals surface area contributed by atoms with Gasteiger partial charge < -0.3 is 15.1 Å². The summed E-state index contributed by atoms with van der Waals surface area (Å²) < 4.78 is 1.05. The highest BCUT2D eigenvalue weighted by molar-refractivity contribution is 9.10. The van der Waals surface area contributed by atoms with Crippen LogP contribution in [-0.4, -0.2) is 54.0 Å². The van der Waals surface area contributed by atoms with E-state index in [1.54, 1.807) is 0 Å². The van der Waals surface area contributed by atoms with Gasteiger partial charge in [0.1, 0.15) is 0 Å². The van der Waals surface area contributed by atoms with Crippen molar-refractivity contribution < 1.29 is 9.59 Å². The Morgan fingerprint density at radius 3 is 2.45 bits per heavy atom. The topological polar surface area (TPSA) is 52.7 Å². The molecule has 2 aromatic rings. The lowest BCUT2D eigenvalue weighted by molar-refractivity contribution is 0.0762. The van der Waals surface area contributed by atoms with Crippen LogP contribution in [0.3, 0.4) is 0 Å². The average molecular weight is 458 g/mol. The van der Waals surface area contributed by atoms with E-state index in [1.165, 1.54) is 5.56 Å². The van der Waals surface area contributed by atoms with E-state index in [2.05, 4.69) is 33.4 Å². The quantitative estimate of drug-likeness (QED) is 0.745. The van der Waals surface area contributed by atoms with Gasteiger partial charge in [0, 0.05) is 42.3 Å². The van der Waals surface area contributed by atoms with Crippen molar-refractivity contribution in [3.63, 3.8) is 0 Å². The van der Waals surface area contributed by atoms with E-state index in [1.807, 2.05) is 60.0 Å². The zero-order valence-electron chi connectivity index (χ0n) is 17.0. The molecule has 2 aromatic carbocycles. The Hall–Kier alpha value is -2.34. The fourth-order valence-electron chi connectivity index (χ4n) is 3.61. The molecule has 29 heavy (non-hydrogen) atoms. The molecule has 1 saturated heterocycles. The fourth-order valence-corrected chi connectivity index (χ4v) is 3.88. The van der Waals surface area contributed by atoms with Gasteiger partial charge in [0.05, 0.1) is 0 Å². The van der Waals surface area contributed by atoms with E-state index in [0.29, 0.717) is 31.7 Å². The molecular formula is C23H28BrN3O2. The smallest absolute Gasteiger partial charge is 0.317 e. The Balaban J connectivity index is 1.52. The van der Waals surface area contributed by atoms with Crippen LogP contribution in [0.25, 0.3) is 0 Å². The molecule has 5 nitrogen and oxygen atoms in total. The van der Waals surface area contributed by atoms with Crippen LogP contribution in [0, 0.1) is 6.92 Å². The molecule has 0 aliphatic carbocycles. The van der Waals surface area contributed by atoms with Crippen molar-refractivity contribution in [1.29, 1.82) is 0 Å². The molecule has 3 amide bonds. The largest absolute Gasteiger partial charge is 0.337 e. The van der Waals surface area contributed by atoms with Crippen LogP contribution in [0.1, 0.15) is 34.8 Å². The summed E-state index contributed by atoms with van der Waals surface area (Å²) >= 11 is 3.44. The third-order valence-electron chi connectivity index (χ3n) is 5.16. The molecule has 0 aromatic heterocycles. The maximum atomic E-state index is 12.8. The lowest BCUT2D eigenvalue weighted by Crippen LogP contribution is -2.46. The number of carbonyl (C=O) groups is 2. The fraction of sp³-hybridized carbons (Fsp3) is 0.391. The third-order valence-corrected chi connectivity index (χ3v) is 5.69. The summed E-state index contributed by atoms with van der Waals surface area (Å²) in [5, 5.41) is 3.10. The zero-order valence-corrected chi connectivity index (χ0v) is 18.6. The summed E-state index contributed by atoms with van der Waals surface area (Å²) in [5.74, 6) is 0.0413. The summed E-state index contributed by atoms with van der Waals surface area (Å²) in [4.78, 5) is 29.2. The summed E-state index contributed by atoms with van der Waals surface area (Å²) in [5.41, 5.74) is 2.98. The molecular weight excluding hydrogens is 430 g/mol. The minimum Gasteiger partial charge on any atom is -0.337 e. The molecule has 154 valence electrons. The summed E-state index contributed by atoms with van der Waals surface area (Å²) in [7, 11) is 0. The predicted molar refractivity (Wildman–Crippen MR) is 119 cm³/mol. The summed E-state index contributed by atoms with van der Waals surface area (Å²) in [6.45, 7) is 6.45. The standard InChI is InChI=1S/C23H28BrN3O2/c1-17-5-3-6-20(15-17)22(28)26-11-4-12-27(14-13-26)23(29)25-18(2)16-19-7-9-21(24)10-8-19/h3,5-10,15,18H,4,11-14,16H2,1-2H3,(H,25,29). The van der Waals surface area contributed by atoms with Crippen molar-refractivity contribution in [2.45, 2.75) is 32.7 Å². The van der Waals surface area contributed by atoms with Crippen LogP contribution in [-0.2, 0) is 6.42 Å². The van der Waals surface area contributed by atoms with Crippen molar-refractivity contribution in [2.24, 2.45) is 0 Å². The van der Waals surface area contributed by atoms with Crippen LogP contribution < -0.4 is 5.32 Å². The molecule has 1 N–H and O–H groups in total. The second kappa shape index (κ2) is 9.92. The van der Waals surface area contributed by atoms with Crippen LogP contribution >= 0.6 is 15.9 Å². The van der Waals surface area contributed by atoms with E-state index >= 15 is 0 Å². The Morgan fingerprint density at radius 1 is 1.03 bits per heavy atom. The zero-order chi connectivity index (χ0) is 20.8. The number of nitrogens with zero attached hydrogens (tertiary/aromatic N) is 2. The Labute approximate surface area is 181 Å². The maximum absolute atomic E-state index is 12.8. The monoisotopic (exact) mass is 457 g/mol. The van der Waals surface area contributed by atoms with E-state index in [4.69, 9.17) is 0 Å². The molecule has 1 unspecified atom stereocenters. The van der Waals surface area contributed by atoms with Crippen LogP contribution in [0.5, 0.6) is 0 Å². The summed E-state index contributed by atoms with van der Waals surface area (Å²) in [6, 6.07) is 15.8. The van der Waals surface area contributed by atoms with Gasteiger partial charge in [0.2, 0.25) is 0 Å². The second-order valence-corrected chi connectivity index (χ2v) is 8.60. The molecule has 1 fully saturated rings. The van der Waals surface area contributed by atoms with Crippen molar-refractivity contribution in [3.05, 3.63) is 69.7 Å². The highest BCUT2D eigenvalue weighted by atomic mass is 79.9. The molecule has 1 heterocycles. The molecule has 0 bridgehead atoms. The minimum atomic E-state index is -0.0560. The number of hydrogen-bond acceptors (Lipinski definition) is 2. The molecule has 1 aliphatic heterocycles. The van der Waals surface area contributed by atoms with E-state index < -0.39 is 0 Å². The van der Waals surface area contributed by atoms with Crippen molar-refractivity contribution in [3.8, 4) is 0 Å². The third kappa shape index (κ3) is 6.07. The van der Waals surface area contributed by atoms with Gasteiger partial charge in [-0.1, -0.05) is 45.8 Å². The molecule has 1 aliphatic rings. The molecule has 6 heteroatoms. The van der Waals surface area contributed by atoms with Gasteiger partial charge in [-0.15, -0.1) is 0 Å². The van der Waals surface area contributed by atoms with E-state index in [-0.39, 0.29) is 18.0 Å². The number of urea groups is 1. The van der Waals surface area contributed by atoms with Crippen LogP contribution in [0.4, 0.5) is 4.79 Å². The number of aryl methyl sites for hydroxylation is 1. The number of carbonyl (C=O) groups excluding carboxylic acids is 2. The number of halogens is 1. The number of amides is 3. The molecule has 0 spiro atoms. The Morgan fingerprint density at radius 2 is 1.72 bits per heavy atom. The van der Waals surface area contributed by atoms with Gasteiger partial charge in [-0.3, -0.25) is 4.79 Å². The van der Waals surface area contributed by atoms with Crippen molar-refractivity contribution in [1.82, 2.24) is 15.1 Å². The Kier molecular flexibility index (Phi) is 7.31. The summed E-state index contributed by atoms with van der Waals surface area (Å²) in [6.07, 6.45) is 1.57. The van der Waals surface area contributed by atoms with E-state index in [0.717, 1.165) is 22.9 Å².